The second-order valence-corrected chi connectivity index (χ2v) is 10.7. The average molecular weight is 626 g/mol. The summed E-state index contributed by atoms with van der Waals surface area (Å²) in [5, 5.41) is 0. The maximum absolute atomic E-state index is 13.7. The topological polar surface area (TPSA) is 76.2 Å². The van der Waals surface area contributed by atoms with Gasteiger partial charge < -0.3 is 9.47 Å². The average Bonchev–Trinajstić information content (AvgIpc) is 2.96. The summed E-state index contributed by atoms with van der Waals surface area (Å²) in [6, 6.07) is 26.1. The van der Waals surface area contributed by atoms with Crippen LogP contribution < -0.4 is 19.3 Å². The highest BCUT2D eigenvalue weighted by Crippen LogP contribution is 2.39. The summed E-state index contributed by atoms with van der Waals surface area (Å²) in [7, 11) is 0. The van der Waals surface area contributed by atoms with Crippen LogP contribution in [0.5, 0.6) is 11.5 Å². The van der Waals surface area contributed by atoms with Crippen LogP contribution in [0.4, 0.5) is 16.2 Å². The van der Waals surface area contributed by atoms with E-state index in [-0.39, 0.29) is 5.57 Å². The first kappa shape index (κ1) is 28.8. The molecule has 7 nitrogen and oxygen atoms in total. The van der Waals surface area contributed by atoms with E-state index in [9.17, 15) is 14.4 Å². The van der Waals surface area contributed by atoms with E-state index in [1.165, 1.54) is 6.08 Å². The Morgan fingerprint density at radius 3 is 1.81 bits per heavy atom. The highest BCUT2D eigenvalue weighted by molar-refractivity contribution is 9.10. The number of rotatable bonds is 8. The van der Waals surface area contributed by atoms with Crippen LogP contribution in [-0.4, -0.2) is 24.5 Å². The minimum absolute atomic E-state index is 0.166. The zero-order valence-corrected chi connectivity index (χ0v) is 25.1. The number of benzene rings is 4. The Bertz CT molecular complexity index is 1600. The lowest BCUT2D eigenvalue weighted by atomic mass is 10.0. The van der Waals surface area contributed by atoms with Gasteiger partial charge in [0.1, 0.15) is 12.2 Å². The smallest absolute Gasteiger partial charge is 0.343 e. The predicted molar refractivity (Wildman–Crippen MR) is 167 cm³/mol. The van der Waals surface area contributed by atoms with Crippen LogP contribution in [0.1, 0.15) is 29.2 Å². The Morgan fingerprint density at radius 2 is 1.29 bits per heavy atom. The Balaban J connectivity index is 1.55. The van der Waals surface area contributed by atoms with Gasteiger partial charge in [-0.25, -0.2) is 14.6 Å². The predicted octanol–water partition coefficient (Wildman–Crippen LogP) is 7.63. The molecule has 0 unspecified atom stereocenters. The van der Waals surface area contributed by atoms with Gasteiger partial charge in [-0.3, -0.25) is 9.59 Å². The zero-order chi connectivity index (χ0) is 29.8. The molecule has 8 heteroatoms. The van der Waals surface area contributed by atoms with Crippen LogP contribution in [0.3, 0.4) is 0 Å². The van der Waals surface area contributed by atoms with E-state index < -0.39 is 17.8 Å². The van der Waals surface area contributed by atoms with E-state index in [1.807, 2.05) is 20.8 Å². The number of amides is 4. The van der Waals surface area contributed by atoms with Gasteiger partial charge in [-0.2, -0.15) is 0 Å². The molecule has 1 aliphatic rings. The van der Waals surface area contributed by atoms with Crippen molar-refractivity contribution in [2.24, 2.45) is 0 Å². The molecule has 5 rings (SSSR count). The van der Waals surface area contributed by atoms with Gasteiger partial charge in [0.25, 0.3) is 11.8 Å². The largest absolute Gasteiger partial charge is 0.490 e. The lowest BCUT2D eigenvalue weighted by Crippen LogP contribution is -2.57. The van der Waals surface area contributed by atoms with Crippen molar-refractivity contribution < 1.29 is 23.9 Å². The minimum atomic E-state index is -0.745. The number of hydrogen-bond donors (Lipinski definition) is 0. The summed E-state index contributed by atoms with van der Waals surface area (Å²) < 4.78 is 12.7. The molecule has 0 radical (unpaired) electrons. The number of carbonyl (C=O) groups excluding carboxylic acids is 3. The number of carbonyl (C=O) groups is 3. The van der Waals surface area contributed by atoms with Gasteiger partial charge in [-0.05, 0) is 90.3 Å². The summed E-state index contributed by atoms with van der Waals surface area (Å²) >= 11 is 3.59. The van der Waals surface area contributed by atoms with Crippen molar-refractivity contribution in [3.05, 3.63) is 123 Å². The van der Waals surface area contributed by atoms with Gasteiger partial charge in [0.15, 0.2) is 11.5 Å². The first-order valence-electron chi connectivity index (χ1n) is 13.5. The van der Waals surface area contributed by atoms with Crippen molar-refractivity contribution >= 4 is 51.2 Å². The van der Waals surface area contributed by atoms with Gasteiger partial charge in [0.05, 0.1) is 22.5 Å². The molecule has 0 aliphatic carbocycles. The Morgan fingerprint density at radius 1 is 0.738 bits per heavy atom. The first-order valence-corrected chi connectivity index (χ1v) is 14.3. The first-order chi connectivity index (χ1) is 20.3. The number of hydrogen-bond acceptors (Lipinski definition) is 5. The van der Waals surface area contributed by atoms with E-state index in [4.69, 9.17) is 9.47 Å². The maximum Gasteiger partial charge on any atom is 0.343 e. The van der Waals surface area contributed by atoms with E-state index in [1.54, 1.807) is 72.8 Å². The van der Waals surface area contributed by atoms with Crippen molar-refractivity contribution in [1.82, 2.24) is 0 Å². The SMILES string of the molecule is CCOc1cc(C=C2C(=O)N(c3ccccc3)C(=O)N(c3ccccc3)C2=O)cc(Br)c1OCc1cc(C)cc(C)c1. The second-order valence-electron chi connectivity index (χ2n) is 9.84. The van der Waals surface area contributed by atoms with E-state index in [0.29, 0.717) is 46.1 Å². The molecule has 0 bridgehead atoms. The summed E-state index contributed by atoms with van der Waals surface area (Å²) in [6.45, 7) is 6.66. The third-order valence-electron chi connectivity index (χ3n) is 6.59. The number of urea groups is 1. The van der Waals surface area contributed by atoms with Gasteiger partial charge in [-0.15, -0.1) is 0 Å². The molecular formula is C34H29BrN2O5. The van der Waals surface area contributed by atoms with Crippen molar-refractivity contribution in [3.8, 4) is 11.5 Å². The molecule has 1 fully saturated rings. The second kappa shape index (κ2) is 12.4. The molecule has 4 aromatic rings. The van der Waals surface area contributed by atoms with Crippen LogP contribution in [-0.2, 0) is 16.2 Å². The molecule has 0 spiro atoms. The van der Waals surface area contributed by atoms with Crippen LogP contribution >= 0.6 is 15.9 Å². The van der Waals surface area contributed by atoms with Crippen LogP contribution in [0.15, 0.2) is 101 Å². The van der Waals surface area contributed by atoms with Crippen LogP contribution in [0.25, 0.3) is 6.08 Å². The fourth-order valence-electron chi connectivity index (χ4n) is 4.89. The molecule has 0 aromatic heterocycles. The summed E-state index contributed by atoms with van der Waals surface area (Å²) in [5.74, 6) is -0.471. The molecule has 1 heterocycles. The molecule has 42 heavy (non-hydrogen) atoms. The number of aryl methyl sites for hydroxylation is 2. The third kappa shape index (κ3) is 5.99. The molecule has 0 saturated carbocycles. The van der Waals surface area contributed by atoms with Crippen molar-refractivity contribution in [3.63, 3.8) is 0 Å². The molecule has 0 atom stereocenters. The molecule has 212 valence electrons. The molecule has 4 aromatic carbocycles. The van der Waals surface area contributed by atoms with Crippen molar-refractivity contribution in [2.45, 2.75) is 27.4 Å². The normalized spacial score (nSPS) is 13.4. The van der Waals surface area contributed by atoms with E-state index in [2.05, 4.69) is 34.1 Å². The van der Waals surface area contributed by atoms with Gasteiger partial charge in [-0.1, -0.05) is 65.7 Å². The number of nitrogens with zero attached hydrogens (tertiary/aromatic N) is 2. The summed E-state index contributed by atoms with van der Waals surface area (Å²) in [5.41, 5.74) is 4.40. The summed E-state index contributed by atoms with van der Waals surface area (Å²) in [4.78, 5) is 43.0. The highest BCUT2D eigenvalue weighted by atomic mass is 79.9. The number of halogens is 1. The molecule has 1 aliphatic heterocycles. The third-order valence-corrected chi connectivity index (χ3v) is 7.17. The van der Waals surface area contributed by atoms with E-state index in [0.717, 1.165) is 26.5 Å². The maximum atomic E-state index is 13.7. The number of anilines is 2. The number of imide groups is 2. The molecule has 4 amide bonds. The minimum Gasteiger partial charge on any atom is -0.490 e. The fourth-order valence-corrected chi connectivity index (χ4v) is 5.46. The van der Waals surface area contributed by atoms with Gasteiger partial charge in [0, 0.05) is 0 Å². The lowest BCUT2D eigenvalue weighted by molar-refractivity contribution is -0.121. The number of para-hydroxylation sites is 2. The quantitative estimate of drug-likeness (QED) is 0.149. The lowest BCUT2D eigenvalue weighted by Gasteiger charge is -2.34. The molecule has 0 N–H and O–H groups in total. The van der Waals surface area contributed by atoms with Crippen molar-refractivity contribution in [2.75, 3.05) is 16.4 Å². The number of ether oxygens (including phenoxy) is 2. The summed E-state index contributed by atoms with van der Waals surface area (Å²) in [6.07, 6.45) is 1.48. The highest BCUT2D eigenvalue weighted by Gasteiger charge is 2.43. The number of barbiturate groups is 1. The fraction of sp³-hybridized carbons (Fsp3) is 0.147. The van der Waals surface area contributed by atoms with Crippen LogP contribution in [0, 0.1) is 13.8 Å². The van der Waals surface area contributed by atoms with Gasteiger partial charge in [0.2, 0.25) is 0 Å². The monoisotopic (exact) mass is 624 g/mol. The van der Waals surface area contributed by atoms with Gasteiger partial charge >= 0.3 is 6.03 Å². The standard InChI is InChI=1S/C34H29BrN2O5/c1-4-41-30-20-24(19-29(35)31(30)42-21-25-16-22(2)15-23(3)17-25)18-28-32(38)36(26-11-7-5-8-12-26)34(40)37(33(28)39)27-13-9-6-10-14-27/h5-20H,4,21H2,1-3H3. The Kier molecular flexibility index (Phi) is 8.54. The van der Waals surface area contributed by atoms with Crippen molar-refractivity contribution in [1.29, 1.82) is 0 Å². The van der Waals surface area contributed by atoms with Crippen LogP contribution in [0.2, 0.25) is 0 Å². The zero-order valence-electron chi connectivity index (χ0n) is 23.5. The van der Waals surface area contributed by atoms with E-state index >= 15 is 0 Å². The Labute approximate surface area is 253 Å². The molecular weight excluding hydrogens is 596 g/mol. The Hall–Kier alpha value is -4.69. The molecule has 1 saturated heterocycles.